The Morgan fingerprint density at radius 1 is 0.825 bits per heavy atom. The fourth-order valence-corrected chi connectivity index (χ4v) is 8.24. The van der Waals surface area contributed by atoms with Gasteiger partial charge in [-0.3, -0.25) is 29.3 Å². The van der Waals surface area contributed by atoms with Crippen molar-refractivity contribution in [2.24, 2.45) is 11.8 Å². The van der Waals surface area contributed by atoms with E-state index in [9.17, 15) is 29.3 Å². The van der Waals surface area contributed by atoms with Crippen LogP contribution in [-0.2, 0) is 9.59 Å². The average molecular weight is 687 g/mol. The van der Waals surface area contributed by atoms with Gasteiger partial charge in [-0.05, 0) is 36.4 Å². The SMILES string of the molecule is O=C(CN(C(=O)c1ccc(Cl)cc1)N1C(=O)[C@H]2[C@H](C1=O)[C@@]1(Cl)C(Cl)=C(Cl)[C@@]2(Cl)C1(Cl)Cl)c1ccc([N+](=O)[O-])cc1. The van der Waals surface area contributed by atoms with Gasteiger partial charge in [-0.2, -0.15) is 5.01 Å². The number of non-ortho nitro benzene ring substituents is 1. The number of nitro benzene ring substituents is 1. The van der Waals surface area contributed by atoms with Crippen LogP contribution in [0.25, 0.3) is 0 Å². The average Bonchev–Trinajstić information content (AvgIpc) is 3.30. The topological polar surface area (TPSA) is 118 Å². The lowest BCUT2D eigenvalue weighted by Gasteiger charge is -2.36. The van der Waals surface area contributed by atoms with Gasteiger partial charge in [-0.25, -0.2) is 5.01 Å². The number of carbonyl (C=O) groups excluding carboxylic acids is 4. The molecule has 0 unspecified atom stereocenters. The summed E-state index contributed by atoms with van der Waals surface area (Å²) in [5.74, 6) is -6.85. The van der Waals surface area contributed by atoms with Crippen LogP contribution in [0, 0.1) is 22.0 Å². The second-order valence-electron chi connectivity index (χ2n) is 9.17. The second kappa shape index (κ2) is 9.73. The summed E-state index contributed by atoms with van der Waals surface area (Å²) in [6.45, 7) is -0.831. The van der Waals surface area contributed by atoms with Crippen molar-refractivity contribution in [3.63, 3.8) is 0 Å². The molecule has 1 saturated carbocycles. The van der Waals surface area contributed by atoms with Gasteiger partial charge in [0.2, 0.25) is 0 Å². The third-order valence-corrected chi connectivity index (χ3v) is 11.7. The third-order valence-electron chi connectivity index (χ3n) is 7.15. The van der Waals surface area contributed by atoms with E-state index < -0.39 is 60.9 Å². The largest absolute Gasteiger partial charge is 0.292 e. The number of Topliss-reactive ketones (excluding diaryl/α,β-unsaturated/α-hetero) is 1. The molecule has 3 amide bonds. The van der Waals surface area contributed by atoms with Crippen molar-refractivity contribution in [2.45, 2.75) is 14.1 Å². The Labute approximate surface area is 260 Å². The van der Waals surface area contributed by atoms with E-state index >= 15 is 0 Å². The highest BCUT2D eigenvalue weighted by Gasteiger charge is 2.88. The van der Waals surface area contributed by atoms with E-state index in [4.69, 9.17) is 81.2 Å². The quantitative estimate of drug-likeness (QED) is 0.122. The van der Waals surface area contributed by atoms with Gasteiger partial charge in [0, 0.05) is 28.3 Å². The first-order valence-corrected chi connectivity index (χ1v) is 13.8. The van der Waals surface area contributed by atoms with Crippen LogP contribution in [0.3, 0.4) is 0 Å². The minimum Gasteiger partial charge on any atom is -0.292 e. The summed E-state index contributed by atoms with van der Waals surface area (Å²) in [7, 11) is 0. The number of nitro groups is 1. The third kappa shape index (κ3) is 3.75. The first-order chi connectivity index (χ1) is 18.6. The summed E-state index contributed by atoms with van der Waals surface area (Å²) in [6.07, 6.45) is 0. The van der Waals surface area contributed by atoms with Crippen molar-refractivity contribution >= 4 is 110 Å². The van der Waals surface area contributed by atoms with E-state index in [0.29, 0.717) is 15.0 Å². The number of amides is 3. The number of benzene rings is 2. The molecule has 0 N–H and O–H groups in total. The molecule has 4 atom stereocenters. The number of imide groups is 1. The molecule has 0 spiro atoms. The lowest BCUT2D eigenvalue weighted by atomic mass is 9.84. The van der Waals surface area contributed by atoms with Gasteiger partial charge in [0.25, 0.3) is 23.4 Å². The van der Waals surface area contributed by atoms with E-state index in [1.165, 1.54) is 36.4 Å². The highest BCUT2D eigenvalue weighted by atomic mass is 35.5. The zero-order valence-electron chi connectivity index (χ0n) is 19.4. The van der Waals surface area contributed by atoms with Crippen molar-refractivity contribution in [1.82, 2.24) is 10.0 Å². The van der Waals surface area contributed by atoms with Crippen LogP contribution in [0.5, 0.6) is 0 Å². The molecule has 0 aromatic heterocycles. The number of hydrogen-bond acceptors (Lipinski definition) is 6. The molecule has 2 bridgehead atoms. The van der Waals surface area contributed by atoms with Crippen LogP contribution in [0.2, 0.25) is 5.02 Å². The summed E-state index contributed by atoms with van der Waals surface area (Å²) in [4.78, 5) is 60.7. The fourth-order valence-electron chi connectivity index (χ4n) is 5.19. The summed E-state index contributed by atoms with van der Waals surface area (Å²) >= 11 is 45.1. The van der Waals surface area contributed by atoms with Gasteiger partial charge in [0.1, 0.15) is 16.3 Å². The molecule has 1 aliphatic heterocycles. The molecule has 5 rings (SSSR count). The number of nitrogens with zero attached hydrogens (tertiary/aromatic N) is 3. The van der Waals surface area contributed by atoms with Crippen LogP contribution in [-0.4, -0.2) is 59.1 Å². The zero-order chi connectivity index (χ0) is 29.5. The lowest BCUT2D eigenvalue weighted by Crippen LogP contribution is -2.56. The molecule has 2 aliphatic carbocycles. The van der Waals surface area contributed by atoms with Crippen molar-refractivity contribution in [3.05, 3.63) is 84.9 Å². The number of hydrogen-bond donors (Lipinski definition) is 0. The molecule has 208 valence electrons. The number of hydrazine groups is 1. The van der Waals surface area contributed by atoms with Crippen molar-refractivity contribution in [3.8, 4) is 0 Å². The van der Waals surface area contributed by atoms with E-state index in [-0.39, 0.29) is 26.9 Å². The van der Waals surface area contributed by atoms with E-state index in [2.05, 4.69) is 0 Å². The number of rotatable bonds is 6. The van der Waals surface area contributed by atoms with Gasteiger partial charge in [0.15, 0.2) is 10.1 Å². The van der Waals surface area contributed by atoms with Crippen molar-refractivity contribution < 1.29 is 24.1 Å². The van der Waals surface area contributed by atoms with Gasteiger partial charge in [-0.1, -0.05) is 58.0 Å². The van der Waals surface area contributed by atoms with Crippen LogP contribution in [0.4, 0.5) is 5.69 Å². The summed E-state index contributed by atoms with van der Waals surface area (Å²) < 4.78 is -2.19. The molecular weight excluding hydrogens is 674 g/mol. The second-order valence-corrected chi connectivity index (χ2v) is 12.9. The van der Waals surface area contributed by atoms with Gasteiger partial charge in [0.05, 0.1) is 26.8 Å². The van der Waals surface area contributed by atoms with E-state index in [1.807, 2.05) is 0 Å². The Balaban J connectivity index is 1.57. The monoisotopic (exact) mass is 683 g/mol. The lowest BCUT2D eigenvalue weighted by molar-refractivity contribution is -0.384. The predicted octanol–water partition coefficient (Wildman–Crippen LogP) is 5.94. The highest BCUT2D eigenvalue weighted by molar-refractivity contribution is 6.66. The number of halogens is 7. The first kappa shape index (κ1) is 29.4. The molecule has 0 radical (unpaired) electrons. The molecule has 3 aliphatic rings. The van der Waals surface area contributed by atoms with Crippen LogP contribution < -0.4 is 0 Å². The first-order valence-electron chi connectivity index (χ1n) is 11.1. The van der Waals surface area contributed by atoms with Gasteiger partial charge in [-0.15, -0.1) is 23.2 Å². The van der Waals surface area contributed by atoms with Gasteiger partial charge >= 0.3 is 0 Å². The molecule has 9 nitrogen and oxygen atoms in total. The van der Waals surface area contributed by atoms with Crippen LogP contribution in [0.15, 0.2) is 58.6 Å². The smallest absolute Gasteiger partial charge is 0.273 e. The molecule has 16 heteroatoms. The maximum absolute atomic E-state index is 13.9. The Kier molecular flexibility index (Phi) is 7.15. The minimum atomic E-state index is -2.19. The molecule has 1 saturated heterocycles. The normalized spacial score (nSPS) is 28.2. The molecule has 2 aromatic carbocycles. The van der Waals surface area contributed by atoms with E-state index in [1.54, 1.807) is 0 Å². The molecular formula is C24H12Cl7N3O6. The maximum atomic E-state index is 13.9. The number of allylic oxidation sites excluding steroid dienone is 2. The molecule has 1 heterocycles. The fraction of sp³-hybridized carbons (Fsp3) is 0.250. The minimum absolute atomic E-state index is 0.0269. The summed E-state index contributed by atoms with van der Waals surface area (Å²) in [5, 5.41) is 11.7. The Morgan fingerprint density at radius 2 is 1.27 bits per heavy atom. The Hall–Kier alpha value is -2.11. The van der Waals surface area contributed by atoms with Crippen LogP contribution >= 0.6 is 81.2 Å². The highest BCUT2D eigenvalue weighted by Crippen LogP contribution is 2.77. The van der Waals surface area contributed by atoms with Crippen LogP contribution in [0.1, 0.15) is 20.7 Å². The summed E-state index contributed by atoms with van der Waals surface area (Å²) in [5.41, 5.74) is -0.332. The molecule has 40 heavy (non-hydrogen) atoms. The number of alkyl halides is 4. The molecule has 2 fully saturated rings. The molecule has 2 aromatic rings. The van der Waals surface area contributed by atoms with Crippen molar-refractivity contribution in [2.75, 3.05) is 6.54 Å². The summed E-state index contributed by atoms with van der Waals surface area (Å²) in [6, 6.07) is 9.99. The number of carbonyl (C=O) groups is 4. The maximum Gasteiger partial charge on any atom is 0.273 e. The predicted molar refractivity (Wildman–Crippen MR) is 149 cm³/mol. The Morgan fingerprint density at radius 3 is 1.73 bits per heavy atom. The Bertz CT molecular complexity index is 1500. The number of fused-ring (bicyclic) bond motifs is 5. The zero-order valence-corrected chi connectivity index (χ0v) is 24.7. The van der Waals surface area contributed by atoms with E-state index in [0.717, 1.165) is 12.1 Å². The van der Waals surface area contributed by atoms with Crippen molar-refractivity contribution in [1.29, 1.82) is 0 Å². The number of ketones is 1. The standard InChI is InChI=1S/C24H12Cl7N3O6/c25-12-5-1-11(2-6-12)19(36)32(9-14(35)10-3-7-13(8-4-10)34(39)40)33-20(37)15-16(21(33)38)23(29)18(27)17(26)22(15,28)24(23,30)31/h1-8,15-16H,9H2/t15-,16-,22-,23-/m1/s1. The van der Waals surface area contributed by atoms with Gasteiger partial charge < -0.3 is 0 Å².